The molecule has 1 aromatic rings. The van der Waals surface area contributed by atoms with Crippen molar-refractivity contribution in [1.29, 1.82) is 0 Å². The van der Waals surface area contributed by atoms with Gasteiger partial charge in [0.05, 0.1) is 5.56 Å². The lowest BCUT2D eigenvalue weighted by molar-refractivity contribution is 0.0557. The van der Waals surface area contributed by atoms with E-state index in [1.165, 1.54) is 6.42 Å². The molecule has 0 aliphatic carbocycles. The molecular formula is C16H23BrN2O. The molecule has 3 nitrogen and oxygen atoms in total. The fourth-order valence-electron chi connectivity index (χ4n) is 2.96. The molecule has 0 saturated carbocycles. The van der Waals surface area contributed by atoms with Gasteiger partial charge in [-0.25, -0.2) is 0 Å². The lowest BCUT2D eigenvalue weighted by Crippen LogP contribution is -2.49. The molecule has 1 aliphatic heterocycles. The quantitative estimate of drug-likeness (QED) is 0.918. The maximum absolute atomic E-state index is 12.8. The minimum Gasteiger partial charge on any atom is -0.334 e. The first-order valence-corrected chi connectivity index (χ1v) is 8.13. The first-order valence-electron chi connectivity index (χ1n) is 7.34. The lowest BCUT2D eigenvalue weighted by atomic mass is 9.88. The zero-order chi connectivity index (χ0) is 14.7. The van der Waals surface area contributed by atoms with Gasteiger partial charge in [-0.1, -0.05) is 25.5 Å². The number of rotatable bonds is 3. The smallest absolute Gasteiger partial charge is 0.255 e. The van der Waals surface area contributed by atoms with Crippen molar-refractivity contribution in [2.75, 3.05) is 13.1 Å². The van der Waals surface area contributed by atoms with Crippen molar-refractivity contribution in [2.45, 2.75) is 39.2 Å². The molecule has 2 unspecified atom stereocenters. The predicted molar refractivity (Wildman–Crippen MR) is 85.8 cm³/mol. The van der Waals surface area contributed by atoms with E-state index >= 15 is 0 Å². The van der Waals surface area contributed by atoms with Crippen molar-refractivity contribution in [1.82, 2.24) is 4.90 Å². The Balaban J connectivity index is 2.22. The highest BCUT2D eigenvalue weighted by atomic mass is 79.9. The van der Waals surface area contributed by atoms with Gasteiger partial charge >= 0.3 is 0 Å². The molecule has 2 rings (SSSR count). The Kier molecular flexibility index (Phi) is 5.22. The van der Waals surface area contributed by atoms with Crippen molar-refractivity contribution in [3.8, 4) is 0 Å². The number of hydrogen-bond donors (Lipinski definition) is 1. The molecular weight excluding hydrogens is 316 g/mol. The molecule has 1 heterocycles. The summed E-state index contributed by atoms with van der Waals surface area (Å²) < 4.78 is 0.901. The number of likely N-dealkylation sites (tertiary alicyclic amines) is 1. The van der Waals surface area contributed by atoms with E-state index < -0.39 is 0 Å². The van der Waals surface area contributed by atoms with Gasteiger partial charge in [0.25, 0.3) is 5.91 Å². The van der Waals surface area contributed by atoms with E-state index in [0.29, 0.717) is 12.5 Å². The van der Waals surface area contributed by atoms with Crippen LogP contribution in [0.2, 0.25) is 0 Å². The summed E-state index contributed by atoms with van der Waals surface area (Å²) in [6, 6.07) is 6.00. The van der Waals surface area contributed by atoms with Crippen LogP contribution in [0.4, 0.5) is 0 Å². The summed E-state index contributed by atoms with van der Waals surface area (Å²) in [7, 11) is 0. The molecule has 20 heavy (non-hydrogen) atoms. The zero-order valence-electron chi connectivity index (χ0n) is 12.2. The summed E-state index contributed by atoms with van der Waals surface area (Å²) in [4.78, 5) is 14.7. The number of aryl methyl sites for hydroxylation is 1. The third-order valence-electron chi connectivity index (χ3n) is 4.36. The van der Waals surface area contributed by atoms with Gasteiger partial charge in [-0.15, -0.1) is 0 Å². The molecule has 2 N–H and O–H groups in total. The van der Waals surface area contributed by atoms with Crippen molar-refractivity contribution in [2.24, 2.45) is 11.7 Å². The molecule has 0 aromatic heterocycles. The van der Waals surface area contributed by atoms with Crippen molar-refractivity contribution in [3.63, 3.8) is 0 Å². The minimum atomic E-state index is 0.102. The highest BCUT2D eigenvalue weighted by molar-refractivity contribution is 9.10. The van der Waals surface area contributed by atoms with Crippen LogP contribution in [0.15, 0.2) is 22.7 Å². The van der Waals surface area contributed by atoms with Gasteiger partial charge in [0.1, 0.15) is 0 Å². The number of nitrogens with zero attached hydrogens (tertiary/aromatic N) is 1. The van der Waals surface area contributed by atoms with E-state index in [-0.39, 0.29) is 11.9 Å². The van der Waals surface area contributed by atoms with Gasteiger partial charge in [-0.05, 0) is 53.2 Å². The van der Waals surface area contributed by atoms with Crippen LogP contribution in [0.3, 0.4) is 0 Å². The Morgan fingerprint density at radius 3 is 2.90 bits per heavy atom. The number of benzene rings is 1. The van der Waals surface area contributed by atoms with E-state index in [2.05, 4.69) is 22.9 Å². The maximum Gasteiger partial charge on any atom is 0.255 e. The number of hydrogen-bond acceptors (Lipinski definition) is 2. The van der Waals surface area contributed by atoms with Gasteiger partial charge in [0.2, 0.25) is 0 Å². The number of nitrogens with two attached hydrogens (primary N) is 1. The van der Waals surface area contributed by atoms with Crippen molar-refractivity contribution >= 4 is 21.8 Å². The molecule has 0 bridgehead atoms. The van der Waals surface area contributed by atoms with Crippen molar-refractivity contribution < 1.29 is 4.79 Å². The Morgan fingerprint density at radius 1 is 1.50 bits per heavy atom. The third-order valence-corrected chi connectivity index (χ3v) is 5.41. The topological polar surface area (TPSA) is 46.3 Å². The molecule has 0 radical (unpaired) electrons. The summed E-state index contributed by atoms with van der Waals surface area (Å²) in [5, 5.41) is 0. The number of carbonyl (C=O) groups is 1. The summed E-state index contributed by atoms with van der Waals surface area (Å²) in [5.41, 5.74) is 7.72. The van der Waals surface area contributed by atoms with Crippen LogP contribution in [0.5, 0.6) is 0 Å². The van der Waals surface area contributed by atoms with E-state index in [1.54, 1.807) is 0 Å². The Morgan fingerprint density at radius 2 is 2.25 bits per heavy atom. The lowest BCUT2D eigenvalue weighted by Gasteiger charge is -2.39. The van der Waals surface area contributed by atoms with Crippen LogP contribution < -0.4 is 5.73 Å². The van der Waals surface area contributed by atoms with Gasteiger partial charge in [0.15, 0.2) is 0 Å². The standard InChI is InChI=1S/C16H23BrN2O/c1-3-12-7-8-19(13(9-12)10-18)16(20)14-6-4-5-11(2)15(14)17/h4-6,12-13H,3,7-10,18H2,1-2H3. The number of halogens is 1. The predicted octanol–water partition coefficient (Wildman–Crippen LogP) is 3.35. The van der Waals surface area contributed by atoms with Gasteiger partial charge in [-0.2, -0.15) is 0 Å². The van der Waals surface area contributed by atoms with Crippen LogP contribution in [0, 0.1) is 12.8 Å². The van der Waals surface area contributed by atoms with Crippen molar-refractivity contribution in [3.05, 3.63) is 33.8 Å². The largest absolute Gasteiger partial charge is 0.334 e. The first kappa shape index (κ1) is 15.5. The Labute approximate surface area is 129 Å². The second-order valence-electron chi connectivity index (χ2n) is 5.62. The molecule has 2 atom stereocenters. The minimum absolute atomic E-state index is 0.102. The van der Waals surface area contributed by atoms with Crippen LogP contribution in [-0.4, -0.2) is 29.9 Å². The van der Waals surface area contributed by atoms with Crippen LogP contribution in [-0.2, 0) is 0 Å². The summed E-state index contributed by atoms with van der Waals surface area (Å²) in [6.45, 7) is 5.59. The molecule has 1 amide bonds. The molecule has 0 spiro atoms. The Hall–Kier alpha value is -0.870. The summed E-state index contributed by atoms with van der Waals surface area (Å²) in [5.74, 6) is 0.805. The summed E-state index contributed by atoms with van der Waals surface area (Å²) >= 11 is 3.54. The normalized spacial score (nSPS) is 22.9. The second kappa shape index (κ2) is 6.72. The highest BCUT2D eigenvalue weighted by Crippen LogP contribution is 2.29. The van der Waals surface area contributed by atoms with E-state index in [0.717, 1.165) is 35.0 Å². The third kappa shape index (κ3) is 3.07. The number of carbonyl (C=O) groups excluding carboxylic acids is 1. The maximum atomic E-state index is 12.8. The molecule has 1 saturated heterocycles. The monoisotopic (exact) mass is 338 g/mol. The van der Waals surface area contributed by atoms with Crippen LogP contribution in [0.25, 0.3) is 0 Å². The molecule has 4 heteroatoms. The molecule has 1 aliphatic rings. The van der Waals surface area contributed by atoms with Crippen LogP contribution in [0.1, 0.15) is 42.1 Å². The SMILES string of the molecule is CCC1CCN(C(=O)c2cccc(C)c2Br)C(CN)C1. The second-order valence-corrected chi connectivity index (χ2v) is 6.42. The van der Waals surface area contributed by atoms with Gasteiger partial charge < -0.3 is 10.6 Å². The van der Waals surface area contributed by atoms with E-state index in [4.69, 9.17) is 5.73 Å². The molecule has 110 valence electrons. The molecule has 1 fully saturated rings. The zero-order valence-corrected chi connectivity index (χ0v) is 13.8. The van der Waals surface area contributed by atoms with E-state index in [9.17, 15) is 4.79 Å². The number of amides is 1. The fraction of sp³-hybridized carbons (Fsp3) is 0.562. The number of piperidine rings is 1. The molecule has 1 aromatic carbocycles. The highest BCUT2D eigenvalue weighted by Gasteiger charge is 2.31. The van der Waals surface area contributed by atoms with Gasteiger partial charge in [-0.3, -0.25) is 4.79 Å². The average Bonchev–Trinajstić information content (AvgIpc) is 2.48. The van der Waals surface area contributed by atoms with Gasteiger partial charge in [0, 0.05) is 23.6 Å². The summed E-state index contributed by atoms with van der Waals surface area (Å²) in [6.07, 6.45) is 3.29. The fourth-order valence-corrected chi connectivity index (χ4v) is 3.40. The Bertz CT molecular complexity index is 489. The van der Waals surface area contributed by atoms with Crippen LogP contribution >= 0.6 is 15.9 Å². The average molecular weight is 339 g/mol. The van der Waals surface area contributed by atoms with E-state index in [1.807, 2.05) is 30.0 Å². The first-order chi connectivity index (χ1) is 9.58.